The van der Waals surface area contributed by atoms with Crippen LogP contribution < -0.4 is 24.0 Å². The first-order valence-electron chi connectivity index (χ1n) is 4.02. The van der Waals surface area contributed by atoms with Crippen molar-refractivity contribution in [2.75, 3.05) is 26.7 Å². The summed E-state index contributed by atoms with van der Waals surface area (Å²) in [5.74, 6) is 0. The minimum absolute atomic E-state index is 0. The van der Waals surface area contributed by atoms with E-state index in [4.69, 9.17) is 0 Å². The normalized spacial score (nSPS) is 10.5. The first-order valence-corrected chi connectivity index (χ1v) is 4.02. The van der Waals surface area contributed by atoms with Crippen molar-refractivity contribution in [3.8, 4) is 0 Å². The molecule has 0 aliphatic heterocycles. The lowest BCUT2D eigenvalue weighted by Crippen LogP contribution is -3.00. The number of likely N-dealkylation sites (N-methyl/N-ethyl adjacent to an activating group) is 1. The molecule has 11 heavy (non-hydrogen) atoms. The summed E-state index contributed by atoms with van der Waals surface area (Å²) in [5, 5.41) is 0. The molecule has 0 rings (SSSR count). The second kappa shape index (κ2) is 6.00. The zero-order valence-electron chi connectivity index (χ0n) is 8.15. The number of quaternary nitrogens is 1. The second-order valence-corrected chi connectivity index (χ2v) is 3.37. The fraction of sp³-hybridized carbons (Fsp3) is 0.778. The first-order chi connectivity index (χ1) is 4.54. The molecule has 0 unspecified atom stereocenters. The van der Waals surface area contributed by atoms with Crippen molar-refractivity contribution >= 4 is 0 Å². The number of hydrogen-bond acceptors (Lipinski definition) is 0. The summed E-state index contributed by atoms with van der Waals surface area (Å²) in [4.78, 5) is 0. The topological polar surface area (TPSA) is 0 Å². The number of hydrogen-bond donors (Lipinski definition) is 0. The standard InChI is InChI=1S/C9H20N.HI/c1-6-10(5,7-2)8-9(3)4;/h3,6-8H2,1-2,4-5H3;1H/q+1;/p-1. The number of halogens is 1. The van der Waals surface area contributed by atoms with Crippen molar-refractivity contribution in [2.45, 2.75) is 20.8 Å². The van der Waals surface area contributed by atoms with E-state index in [2.05, 4.69) is 34.4 Å². The van der Waals surface area contributed by atoms with Crippen molar-refractivity contribution in [3.63, 3.8) is 0 Å². The summed E-state index contributed by atoms with van der Waals surface area (Å²) >= 11 is 0. The molecule has 0 aromatic heterocycles. The summed E-state index contributed by atoms with van der Waals surface area (Å²) in [5.41, 5.74) is 1.28. The van der Waals surface area contributed by atoms with Crippen LogP contribution >= 0.6 is 0 Å². The predicted molar refractivity (Wildman–Crippen MR) is 46.9 cm³/mol. The summed E-state index contributed by atoms with van der Waals surface area (Å²) < 4.78 is 1.12. The lowest BCUT2D eigenvalue weighted by Gasteiger charge is -2.32. The molecule has 0 radical (unpaired) electrons. The summed E-state index contributed by atoms with van der Waals surface area (Å²) in [6.07, 6.45) is 0. The molecule has 0 aromatic carbocycles. The Morgan fingerprint density at radius 3 is 1.73 bits per heavy atom. The average Bonchev–Trinajstić information content (AvgIpc) is 1.87. The van der Waals surface area contributed by atoms with Crippen LogP contribution in [0.5, 0.6) is 0 Å². The van der Waals surface area contributed by atoms with Gasteiger partial charge in [-0.05, 0) is 26.3 Å². The molecule has 2 heteroatoms. The number of rotatable bonds is 4. The molecule has 0 bridgehead atoms. The van der Waals surface area contributed by atoms with Gasteiger partial charge in [0.2, 0.25) is 0 Å². The highest BCUT2D eigenvalue weighted by Gasteiger charge is 2.15. The van der Waals surface area contributed by atoms with Crippen LogP contribution in [-0.2, 0) is 0 Å². The van der Waals surface area contributed by atoms with Gasteiger partial charge in [-0.3, -0.25) is 0 Å². The maximum absolute atomic E-state index is 3.92. The Balaban J connectivity index is 0. The quantitative estimate of drug-likeness (QED) is 0.351. The third-order valence-electron chi connectivity index (χ3n) is 2.18. The summed E-state index contributed by atoms with van der Waals surface area (Å²) in [6.45, 7) is 14.0. The smallest absolute Gasteiger partial charge is 0.0995 e. The maximum atomic E-state index is 3.92. The van der Waals surface area contributed by atoms with Crippen LogP contribution in [0.25, 0.3) is 0 Å². The number of nitrogens with zero attached hydrogens (tertiary/aromatic N) is 1. The van der Waals surface area contributed by atoms with Gasteiger partial charge in [0, 0.05) is 0 Å². The van der Waals surface area contributed by atoms with Crippen LogP contribution in [0.4, 0.5) is 0 Å². The molecule has 0 aliphatic carbocycles. The van der Waals surface area contributed by atoms with Crippen LogP contribution in [0.1, 0.15) is 20.8 Å². The molecule has 68 valence electrons. The fourth-order valence-corrected chi connectivity index (χ4v) is 1.10. The first kappa shape index (κ1) is 14.0. The molecule has 0 fully saturated rings. The van der Waals surface area contributed by atoms with Crippen molar-refractivity contribution in [3.05, 3.63) is 12.2 Å². The molecule has 0 atom stereocenters. The zero-order chi connectivity index (χ0) is 8.20. The Labute approximate surface area is 88.1 Å². The minimum Gasteiger partial charge on any atom is -1.00 e. The molecule has 0 N–H and O–H groups in total. The molecular weight excluding hydrogens is 249 g/mol. The van der Waals surface area contributed by atoms with E-state index >= 15 is 0 Å². The van der Waals surface area contributed by atoms with Crippen molar-refractivity contribution < 1.29 is 28.5 Å². The van der Waals surface area contributed by atoms with E-state index in [1.807, 2.05) is 0 Å². The van der Waals surface area contributed by atoms with Gasteiger partial charge in [-0.25, -0.2) is 0 Å². The van der Waals surface area contributed by atoms with Crippen molar-refractivity contribution in [2.24, 2.45) is 0 Å². The van der Waals surface area contributed by atoms with Crippen LogP contribution in [-0.4, -0.2) is 31.2 Å². The van der Waals surface area contributed by atoms with Gasteiger partial charge in [0.15, 0.2) is 0 Å². The van der Waals surface area contributed by atoms with Crippen molar-refractivity contribution in [1.29, 1.82) is 0 Å². The third kappa shape index (κ3) is 5.67. The van der Waals surface area contributed by atoms with Crippen LogP contribution in [0, 0.1) is 0 Å². The Bertz CT molecular complexity index is 117. The summed E-state index contributed by atoms with van der Waals surface area (Å²) in [7, 11) is 2.27. The third-order valence-corrected chi connectivity index (χ3v) is 2.18. The van der Waals surface area contributed by atoms with E-state index in [0.29, 0.717) is 0 Å². The highest BCUT2D eigenvalue weighted by Crippen LogP contribution is 2.04. The Hall–Kier alpha value is 0.430. The van der Waals surface area contributed by atoms with Crippen LogP contribution in [0.2, 0.25) is 0 Å². The van der Waals surface area contributed by atoms with E-state index < -0.39 is 0 Å². The van der Waals surface area contributed by atoms with Crippen LogP contribution in [0.15, 0.2) is 12.2 Å². The van der Waals surface area contributed by atoms with Crippen molar-refractivity contribution in [1.82, 2.24) is 0 Å². The lowest BCUT2D eigenvalue weighted by molar-refractivity contribution is -0.901. The van der Waals surface area contributed by atoms with E-state index in [9.17, 15) is 0 Å². The molecule has 0 saturated heterocycles. The molecule has 0 heterocycles. The maximum Gasteiger partial charge on any atom is 0.0995 e. The van der Waals surface area contributed by atoms with Gasteiger partial charge in [-0.1, -0.05) is 6.58 Å². The van der Waals surface area contributed by atoms with E-state index in [-0.39, 0.29) is 24.0 Å². The van der Waals surface area contributed by atoms with Gasteiger partial charge in [-0.15, -0.1) is 0 Å². The largest absolute Gasteiger partial charge is 1.00 e. The van der Waals surface area contributed by atoms with Crippen LogP contribution in [0.3, 0.4) is 0 Å². The molecule has 0 aliphatic rings. The highest BCUT2D eigenvalue weighted by molar-refractivity contribution is 4.87. The molecule has 0 spiro atoms. The molecular formula is C9H20IN. The van der Waals surface area contributed by atoms with Gasteiger partial charge >= 0.3 is 0 Å². The van der Waals surface area contributed by atoms with Gasteiger partial charge in [0.05, 0.1) is 26.7 Å². The second-order valence-electron chi connectivity index (χ2n) is 3.37. The van der Waals surface area contributed by atoms with Gasteiger partial charge < -0.3 is 28.5 Å². The van der Waals surface area contributed by atoms with E-state index in [0.717, 1.165) is 11.0 Å². The highest BCUT2D eigenvalue weighted by atomic mass is 127. The molecule has 0 saturated carbocycles. The van der Waals surface area contributed by atoms with E-state index in [1.165, 1.54) is 18.7 Å². The fourth-order valence-electron chi connectivity index (χ4n) is 1.10. The molecule has 0 aromatic rings. The van der Waals surface area contributed by atoms with E-state index in [1.54, 1.807) is 0 Å². The average molecular weight is 269 g/mol. The van der Waals surface area contributed by atoms with Gasteiger partial charge in [-0.2, -0.15) is 0 Å². The minimum atomic E-state index is 0. The Morgan fingerprint density at radius 1 is 1.27 bits per heavy atom. The lowest BCUT2D eigenvalue weighted by atomic mass is 10.3. The Kier molecular flexibility index (Phi) is 7.63. The predicted octanol–water partition coefficient (Wildman–Crippen LogP) is -0.947. The zero-order valence-corrected chi connectivity index (χ0v) is 10.3. The Morgan fingerprint density at radius 2 is 1.64 bits per heavy atom. The summed E-state index contributed by atoms with van der Waals surface area (Å²) in [6, 6.07) is 0. The van der Waals surface area contributed by atoms with Gasteiger partial charge in [0.25, 0.3) is 0 Å². The SMILES string of the molecule is C=C(C)C[N+](C)(CC)CC.[I-]. The molecule has 0 amide bonds. The molecule has 1 nitrogen and oxygen atoms in total. The van der Waals surface area contributed by atoms with Gasteiger partial charge in [0.1, 0.15) is 0 Å². The monoisotopic (exact) mass is 269 g/mol.